The van der Waals surface area contributed by atoms with Gasteiger partial charge in [-0.1, -0.05) is 23.7 Å². The fraction of sp³-hybridized carbons (Fsp3) is 0.105. The van der Waals surface area contributed by atoms with E-state index >= 15 is 0 Å². The highest BCUT2D eigenvalue weighted by atomic mass is 35.5. The molecule has 0 unspecified atom stereocenters. The molecule has 0 aliphatic heterocycles. The number of benzene rings is 1. The van der Waals surface area contributed by atoms with Crippen molar-refractivity contribution < 1.29 is 8.42 Å². The standard InChI is InChI=1S/C19H16ClN5O2S/c1-12-3-8-15-11-16(13-4-6-14(7-5-13)24-28(2,26)27)19(25(15)23-12)17-9-10-18(20)22-21-17/h3-11,24H,1-2H3. The summed E-state index contributed by atoms with van der Waals surface area (Å²) in [5.41, 5.74) is 5.49. The first-order chi connectivity index (χ1) is 13.3. The second-order valence-electron chi connectivity index (χ2n) is 6.41. The van der Waals surface area contributed by atoms with Crippen LogP contribution in [0, 0.1) is 6.92 Å². The molecule has 0 amide bonds. The van der Waals surface area contributed by atoms with Gasteiger partial charge in [0.05, 0.1) is 17.5 Å². The van der Waals surface area contributed by atoms with E-state index in [0.29, 0.717) is 16.5 Å². The van der Waals surface area contributed by atoms with Crippen LogP contribution in [0.3, 0.4) is 0 Å². The zero-order valence-corrected chi connectivity index (χ0v) is 16.7. The average molecular weight is 414 g/mol. The highest BCUT2D eigenvalue weighted by molar-refractivity contribution is 7.92. The molecule has 3 heterocycles. The summed E-state index contributed by atoms with van der Waals surface area (Å²) >= 11 is 5.89. The van der Waals surface area contributed by atoms with Gasteiger partial charge in [-0.05, 0) is 55.0 Å². The Morgan fingerprint density at radius 1 is 1.00 bits per heavy atom. The molecule has 7 nitrogen and oxygen atoms in total. The Balaban J connectivity index is 1.89. The molecule has 4 aromatic rings. The summed E-state index contributed by atoms with van der Waals surface area (Å²) in [4.78, 5) is 0. The molecule has 0 aliphatic carbocycles. The van der Waals surface area contributed by atoms with E-state index in [0.717, 1.165) is 34.3 Å². The number of fused-ring (bicyclic) bond motifs is 1. The molecule has 142 valence electrons. The number of halogens is 1. The number of rotatable bonds is 4. The van der Waals surface area contributed by atoms with E-state index in [2.05, 4.69) is 20.0 Å². The minimum atomic E-state index is -3.33. The summed E-state index contributed by atoms with van der Waals surface area (Å²) in [5.74, 6) is 0. The van der Waals surface area contributed by atoms with Crippen molar-refractivity contribution in [3.63, 3.8) is 0 Å². The molecule has 4 rings (SSSR count). The van der Waals surface area contributed by atoms with Gasteiger partial charge in [0.1, 0.15) is 11.4 Å². The van der Waals surface area contributed by atoms with Gasteiger partial charge in [-0.3, -0.25) is 4.72 Å². The number of anilines is 1. The summed E-state index contributed by atoms with van der Waals surface area (Å²) < 4.78 is 27.1. The highest BCUT2D eigenvalue weighted by Gasteiger charge is 2.17. The summed E-state index contributed by atoms with van der Waals surface area (Å²) in [7, 11) is -3.33. The molecule has 0 radical (unpaired) electrons. The Bertz CT molecular complexity index is 1270. The topological polar surface area (TPSA) is 89.2 Å². The normalized spacial score (nSPS) is 11.7. The van der Waals surface area contributed by atoms with Crippen molar-refractivity contribution in [3.8, 4) is 22.5 Å². The molecular weight excluding hydrogens is 398 g/mol. The van der Waals surface area contributed by atoms with Crippen LogP contribution in [0.5, 0.6) is 0 Å². The van der Waals surface area contributed by atoms with Gasteiger partial charge in [-0.25, -0.2) is 12.9 Å². The van der Waals surface area contributed by atoms with Crippen molar-refractivity contribution in [3.05, 3.63) is 65.4 Å². The lowest BCUT2D eigenvalue weighted by Crippen LogP contribution is -2.09. The molecule has 0 bridgehead atoms. The van der Waals surface area contributed by atoms with Crippen LogP contribution in [0.2, 0.25) is 5.15 Å². The number of aryl methyl sites for hydroxylation is 1. The lowest BCUT2D eigenvalue weighted by molar-refractivity contribution is 0.607. The Hall–Kier alpha value is -2.97. The average Bonchev–Trinajstić information content (AvgIpc) is 3.00. The molecular formula is C19H16ClN5O2S. The Labute approximate surface area is 167 Å². The van der Waals surface area contributed by atoms with Crippen molar-refractivity contribution in [1.82, 2.24) is 19.8 Å². The van der Waals surface area contributed by atoms with Gasteiger partial charge in [0.25, 0.3) is 0 Å². The van der Waals surface area contributed by atoms with Crippen molar-refractivity contribution in [1.29, 1.82) is 0 Å². The van der Waals surface area contributed by atoms with Gasteiger partial charge in [-0.2, -0.15) is 5.10 Å². The maximum atomic E-state index is 11.4. The van der Waals surface area contributed by atoms with Crippen molar-refractivity contribution in [2.45, 2.75) is 6.92 Å². The molecule has 9 heteroatoms. The maximum Gasteiger partial charge on any atom is 0.229 e. The quantitative estimate of drug-likeness (QED) is 0.549. The van der Waals surface area contributed by atoms with Crippen LogP contribution in [0.15, 0.2) is 54.6 Å². The molecule has 0 saturated heterocycles. The Morgan fingerprint density at radius 3 is 2.39 bits per heavy atom. The van der Waals surface area contributed by atoms with Crippen LogP contribution in [-0.4, -0.2) is 34.5 Å². The van der Waals surface area contributed by atoms with E-state index in [1.807, 2.05) is 41.8 Å². The third kappa shape index (κ3) is 3.69. The first kappa shape index (κ1) is 18.4. The Kier molecular flexibility index (Phi) is 4.52. The third-order valence-corrected chi connectivity index (χ3v) is 4.94. The van der Waals surface area contributed by atoms with E-state index in [-0.39, 0.29) is 0 Å². The van der Waals surface area contributed by atoms with Gasteiger partial charge >= 0.3 is 0 Å². The summed E-state index contributed by atoms with van der Waals surface area (Å²) in [6.45, 7) is 1.92. The van der Waals surface area contributed by atoms with E-state index in [1.165, 1.54) is 0 Å². The summed E-state index contributed by atoms with van der Waals surface area (Å²) in [6.07, 6.45) is 1.12. The highest BCUT2D eigenvalue weighted by Crippen LogP contribution is 2.34. The van der Waals surface area contributed by atoms with Crippen LogP contribution in [0.25, 0.3) is 28.0 Å². The number of hydrogen-bond acceptors (Lipinski definition) is 5. The lowest BCUT2D eigenvalue weighted by Gasteiger charge is -2.08. The minimum absolute atomic E-state index is 0.312. The molecule has 0 saturated carbocycles. The molecule has 0 fully saturated rings. The summed E-state index contributed by atoms with van der Waals surface area (Å²) in [6, 6.07) is 16.5. The van der Waals surface area contributed by atoms with Gasteiger partial charge in [0, 0.05) is 11.3 Å². The first-order valence-corrected chi connectivity index (χ1v) is 10.6. The molecule has 0 aliphatic rings. The monoisotopic (exact) mass is 413 g/mol. The van der Waals surface area contributed by atoms with Gasteiger partial charge in [0.2, 0.25) is 10.0 Å². The van der Waals surface area contributed by atoms with Crippen LogP contribution in [0.4, 0.5) is 5.69 Å². The van der Waals surface area contributed by atoms with Gasteiger partial charge < -0.3 is 0 Å². The van der Waals surface area contributed by atoms with Crippen LogP contribution in [-0.2, 0) is 10.0 Å². The SMILES string of the molecule is Cc1ccc2cc(-c3ccc(NS(C)(=O)=O)cc3)c(-c3ccc(Cl)nn3)n2n1. The largest absolute Gasteiger partial charge is 0.284 e. The molecule has 0 atom stereocenters. The molecule has 1 N–H and O–H groups in total. The molecule has 1 aromatic carbocycles. The maximum absolute atomic E-state index is 11.4. The van der Waals surface area contributed by atoms with E-state index in [1.54, 1.807) is 24.3 Å². The fourth-order valence-corrected chi connectivity index (χ4v) is 3.65. The van der Waals surface area contributed by atoms with E-state index < -0.39 is 10.0 Å². The molecule has 0 spiro atoms. The predicted octanol–water partition coefficient (Wildman–Crippen LogP) is 3.79. The summed E-state index contributed by atoms with van der Waals surface area (Å²) in [5, 5.41) is 13.1. The number of hydrogen-bond donors (Lipinski definition) is 1. The number of aromatic nitrogens is 4. The van der Waals surface area contributed by atoms with Crippen LogP contribution in [0.1, 0.15) is 5.69 Å². The van der Waals surface area contributed by atoms with E-state index in [9.17, 15) is 8.42 Å². The first-order valence-electron chi connectivity index (χ1n) is 8.37. The predicted molar refractivity (Wildman–Crippen MR) is 110 cm³/mol. The van der Waals surface area contributed by atoms with Crippen LogP contribution >= 0.6 is 11.6 Å². The smallest absolute Gasteiger partial charge is 0.229 e. The minimum Gasteiger partial charge on any atom is -0.284 e. The fourth-order valence-electron chi connectivity index (χ4n) is 2.98. The molecule has 28 heavy (non-hydrogen) atoms. The van der Waals surface area contributed by atoms with Crippen molar-refractivity contribution >= 4 is 32.8 Å². The molecule has 3 aromatic heterocycles. The second-order valence-corrected chi connectivity index (χ2v) is 8.55. The van der Waals surface area contributed by atoms with Crippen LogP contribution < -0.4 is 4.72 Å². The second kappa shape index (κ2) is 6.88. The number of sulfonamides is 1. The van der Waals surface area contributed by atoms with Gasteiger partial charge in [-0.15, -0.1) is 10.2 Å². The lowest BCUT2D eigenvalue weighted by atomic mass is 10.0. The van der Waals surface area contributed by atoms with E-state index in [4.69, 9.17) is 11.6 Å². The zero-order valence-electron chi connectivity index (χ0n) is 15.1. The van der Waals surface area contributed by atoms with Crippen molar-refractivity contribution in [2.75, 3.05) is 11.0 Å². The Morgan fingerprint density at radius 2 is 1.75 bits per heavy atom. The third-order valence-electron chi connectivity index (χ3n) is 4.13. The zero-order chi connectivity index (χ0) is 19.9. The number of nitrogens with zero attached hydrogens (tertiary/aromatic N) is 4. The number of nitrogens with one attached hydrogen (secondary N) is 1. The van der Waals surface area contributed by atoms with Crippen molar-refractivity contribution in [2.24, 2.45) is 0 Å². The van der Waals surface area contributed by atoms with Gasteiger partial charge in [0.15, 0.2) is 5.15 Å².